The lowest BCUT2D eigenvalue weighted by Crippen LogP contribution is -2.49. The molecule has 0 bridgehead atoms. The van der Waals surface area contributed by atoms with Gasteiger partial charge in [0.25, 0.3) is 17.8 Å². The van der Waals surface area contributed by atoms with E-state index in [4.69, 9.17) is 23.2 Å². The SMILES string of the molecule is O=C(c1c(Cl)cccc1Cl)N1CCN(c2c(F)c(F)nc(F)c2F)CC1. The Kier molecular flexibility index (Phi) is 5.24. The van der Waals surface area contributed by atoms with Crippen molar-refractivity contribution in [1.82, 2.24) is 9.88 Å². The average molecular weight is 408 g/mol. The van der Waals surface area contributed by atoms with Crippen LogP contribution >= 0.6 is 23.2 Å². The van der Waals surface area contributed by atoms with E-state index >= 15 is 0 Å². The van der Waals surface area contributed by atoms with E-state index in [0.717, 1.165) is 4.90 Å². The predicted molar refractivity (Wildman–Crippen MR) is 88.6 cm³/mol. The number of hydrogen-bond donors (Lipinski definition) is 0. The molecule has 2 aromatic rings. The van der Waals surface area contributed by atoms with Crippen LogP contribution in [0.3, 0.4) is 0 Å². The van der Waals surface area contributed by atoms with E-state index in [9.17, 15) is 22.4 Å². The molecule has 1 fully saturated rings. The summed E-state index contributed by atoms with van der Waals surface area (Å²) in [6, 6.07) is 4.63. The molecule has 3 rings (SSSR count). The first-order valence-corrected chi connectivity index (χ1v) is 8.25. The lowest BCUT2D eigenvalue weighted by molar-refractivity contribution is 0.0746. The van der Waals surface area contributed by atoms with Crippen LogP contribution in [0.15, 0.2) is 18.2 Å². The van der Waals surface area contributed by atoms with Crippen LogP contribution < -0.4 is 4.90 Å². The van der Waals surface area contributed by atoms with Crippen molar-refractivity contribution in [2.45, 2.75) is 0 Å². The minimum atomic E-state index is -1.72. The van der Waals surface area contributed by atoms with Crippen LogP contribution in [0.5, 0.6) is 0 Å². The number of carbonyl (C=O) groups excluding carboxylic acids is 1. The summed E-state index contributed by atoms with van der Waals surface area (Å²) in [4.78, 5) is 17.6. The van der Waals surface area contributed by atoms with Gasteiger partial charge in [-0.2, -0.15) is 22.5 Å². The molecule has 0 radical (unpaired) electrons. The fourth-order valence-corrected chi connectivity index (χ4v) is 3.31. The highest BCUT2D eigenvalue weighted by Crippen LogP contribution is 2.29. The van der Waals surface area contributed by atoms with Gasteiger partial charge in [0, 0.05) is 26.2 Å². The zero-order valence-electron chi connectivity index (χ0n) is 13.1. The van der Waals surface area contributed by atoms with Gasteiger partial charge in [-0.3, -0.25) is 4.79 Å². The standard InChI is InChI=1S/C16H11Cl2F4N3O/c17-8-2-1-3-9(18)10(8)16(26)25-6-4-24(5-7-25)13-11(19)14(21)23-15(22)12(13)20/h1-3H,4-7H2. The molecule has 1 aliphatic heterocycles. The third-order valence-electron chi connectivity index (χ3n) is 4.03. The number of hydrogen-bond acceptors (Lipinski definition) is 3. The maximum absolute atomic E-state index is 13.9. The monoisotopic (exact) mass is 407 g/mol. The van der Waals surface area contributed by atoms with Crippen LogP contribution in [-0.4, -0.2) is 42.0 Å². The summed E-state index contributed by atoms with van der Waals surface area (Å²) < 4.78 is 54.3. The van der Waals surface area contributed by atoms with Crippen LogP contribution in [0.2, 0.25) is 10.0 Å². The molecule has 1 aliphatic rings. The largest absolute Gasteiger partial charge is 0.363 e. The number of rotatable bonds is 2. The van der Waals surface area contributed by atoms with E-state index in [0.29, 0.717) is 0 Å². The van der Waals surface area contributed by atoms with Gasteiger partial charge >= 0.3 is 0 Å². The first-order valence-electron chi connectivity index (χ1n) is 7.49. The highest BCUT2D eigenvalue weighted by atomic mass is 35.5. The van der Waals surface area contributed by atoms with Gasteiger partial charge in [-0.1, -0.05) is 29.3 Å². The Morgan fingerprint density at radius 3 is 1.92 bits per heavy atom. The van der Waals surface area contributed by atoms with Crippen molar-refractivity contribution in [3.05, 3.63) is 57.3 Å². The summed E-state index contributed by atoms with van der Waals surface area (Å²) in [5.41, 5.74) is -0.708. The molecule has 0 aliphatic carbocycles. The van der Waals surface area contributed by atoms with Gasteiger partial charge < -0.3 is 9.80 Å². The van der Waals surface area contributed by atoms with Gasteiger partial charge in [0.2, 0.25) is 11.6 Å². The first-order chi connectivity index (χ1) is 12.3. The molecular weight excluding hydrogens is 397 g/mol. The molecule has 0 atom stereocenters. The van der Waals surface area contributed by atoms with E-state index in [1.165, 1.54) is 17.0 Å². The van der Waals surface area contributed by atoms with E-state index in [-0.39, 0.29) is 41.8 Å². The first kappa shape index (κ1) is 18.7. The van der Waals surface area contributed by atoms with E-state index in [2.05, 4.69) is 4.98 Å². The third-order valence-corrected chi connectivity index (χ3v) is 4.66. The second-order valence-electron chi connectivity index (χ2n) is 5.55. The molecule has 0 spiro atoms. The molecule has 1 aromatic heterocycles. The fourth-order valence-electron chi connectivity index (χ4n) is 2.75. The van der Waals surface area contributed by atoms with Crippen molar-refractivity contribution in [2.75, 3.05) is 31.1 Å². The Morgan fingerprint density at radius 1 is 0.923 bits per heavy atom. The van der Waals surface area contributed by atoms with Crippen LogP contribution in [-0.2, 0) is 0 Å². The van der Waals surface area contributed by atoms with Gasteiger partial charge in [0.1, 0.15) is 5.69 Å². The van der Waals surface area contributed by atoms with Crippen LogP contribution in [0.1, 0.15) is 10.4 Å². The van der Waals surface area contributed by atoms with Gasteiger partial charge in [-0.05, 0) is 12.1 Å². The normalized spacial score (nSPS) is 14.7. The molecule has 138 valence electrons. The summed E-state index contributed by atoms with van der Waals surface area (Å²) >= 11 is 12.0. The molecule has 0 saturated carbocycles. The van der Waals surface area contributed by atoms with Crippen LogP contribution in [0.25, 0.3) is 0 Å². The van der Waals surface area contributed by atoms with Crippen molar-refractivity contribution < 1.29 is 22.4 Å². The number of halogens is 6. The summed E-state index contributed by atoms with van der Waals surface area (Å²) in [5, 5.41) is 0.362. The molecule has 26 heavy (non-hydrogen) atoms. The lowest BCUT2D eigenvalue weighted by Gasteiger charge is -2.36. The van der Waals surface area contributed by atoms with Crippen molar-refractivity contribution in [3.8, 4) is 0 Å². The van der Waals surface area contributed by atoms with Crippen molar-refractivity contribution in [2.24, 2.45) is 0 Å². The van der Waals surface area contributed by atoms with Gasteiger partial charge in [0.15, 0.2) is 0 Å². The maximum atomic E-state index is 13.9. The average Bonchev–Trinajstić information content (AvgIpc) is 2.60. The highest BCUT2D eigenvalue weighted by Gasteiger charge is 2.30. The summed E-state index contributed by atoms with van der Waals surface area (Å²) in [5.74, 6) is -7.02. The topological polar surface area (TPSA) is 36.4 Å². The Balaban J connectivity index is 1.79. The Morgan fingerprint density at radius 2 is 1.42 bits per heavy atom. The third kappa shape index (κ3) is 3.31. The number of amides is 1. The molecule has 10 heteroatoms. The zero-order valence-corrected chi connectivity index (χ0v) is 14.6. The zero-order chi connectivity index (χ0) is 19.0. The fraction of sp³-hybridized carbons (Fsp3) is 0.250. The number of carbonyl (C=O) groups is 1. The van der Waals surface area contributed by atoms with Gasteiger partial charge in [-0.25, -0.2) is 0 Å². The molecule has 1 amide bonds. The number of pyridine rings is 1. The maximum Gasteiger partial charge on any atom is 0.257 e. The van der Waals surface area contributed by atoms with E-state index < -0.39 is 35.1 Å². The second-order valence-corrected chi connectivity index (χ2v) is 6.36. The number of anilines is 1. The van der Waals surface area contributed by atoms with E-state index in [1.807, 2.05) is 0 Å². The van der Waals surface area contributed by atoms with Crippen LogP contribution in [0.4, 0.5) is 23.2 Å². The molecular formula is C16H11Cl2F4N3O. The second kappa shape index (κ2) is 7.28. The highest BCUT2D eigenvalue weighted by molar-refractivity contribution is 6.39. The molecule has 0 unspecified atom stereocenters. The smallest absolute Gasteiger partial charge is 0.257 e. The molecule has 1 saturated heterocycles. The number of aromatic nitrogens is 1. The van der Waals surface area contributed by atoms with Crippen molar-refractivity contribution >= 4 is 34.8 Å². The minimum Gasteiger partial charge on any atom is -0.363 e. The quantitative estimate of drug-likeness (QED) is 0.559. The molecule has 4 nitrogen and oxygen atoms in total. The van der Waals surface area contributed by atoms with Crippen molar-refractivity contribution in [1.29, 1.82) is 0 Å². The van der Waals surface area contributed by atoms with Crippen LogP contribution in [0, 0.1) is 23.5 Å². The summed E-state index contributed by atoms with van der Waals surface area (Å²) in [7, 11) is 0. The minimum absolute atomic E-state index is 0.0372. The summed E-state index contributed by atoms with van der Waals surface area (Å²) in [6.07, 6.45) is 0. The Hall–Kier alpha value is -2.06. The molecule has 2 heterocycles. The number of nitrogens with zero attached hydrogens (tertiary/aromatic N) is 3. The number of benzene rings is 1. The Labute approximate surface area is 155 Å². The summed E-state index contributed by atoms with van der Waals surface area (Å²) in [6.45, 7) is 0.0464. The Bertz CT molecular complexity index is 827. The van der Waals surface area contributed by atoms with Crippen molar-refractivity contribution in [3.63, 3.8) is 0 Å². The molecule has 1 aromatic carbocycles. The number of piperazine rings is 1. The lowest BCUT2D eigenvalue weighted by atomic mass is 10.1. The van der Waals surface area contributed by atoms with Gasteiger partial charge in [0.05, 0.1) is 15.6 Å². The van der Waals surface area contributed by atoms with Gasteiger partial charge in [-0.15, -0.1) is 0 Å². The molecule has 0 N–H and O–H groups in total. The van der Waals surface area contributed by atoms with E-state index in [1.54, 1.807) is 6.07 Å². The predicted octanol–water partition coefficient (Wildman–Crippen LogP) is 3.91.